The maximum absolute atomic E-state index is 13.9. The first-order chi connectivity index (χ1) is 10.8. The molecule has 1 heterocycles. The van der Waals surface area contributed by atoms with Gasteiger partial charge >= 0.3 is 5.69 Å². The third-order valence-corrected chi connectivity index (χ3v) is 5.25. The van der Waals surface area contributed by atoms with Crippen LogP contribution >= 0.6 is 0 Å². The number of halogens is 1. The summed E-state index contributed by atoms with van der Waals surface area (Å²) >= 11 is 0. The standard InChI is InChI=1S/C13H18FN3O5S/c1-8-11(4-3-5-15-8)16-23(20,21)9-6-10(14)13(22-2)12(7-9)17(18)19/h6-8,11,15-16H,3-5H2,1-2H3. The van der Waals surface area contributed by atoms with Crippen molar-refractivity contribution in [1.29, 1.82) is 0 Å². The van der Waals surface area contributed by atoms with E-state index in [0.29, 0.717) is 6.42 Å². The van der Waals surface area contributed by atoms with Gasteiger partial charge in [0.25, 0.3) is 0 Å². The van der Waals surface area contributed by atoms with Crippen LogP contribution < -0.4 is 14.8 Å². The van der Waals surface area contributed by atoms with E-state index < -0.39 is 37.1 Å². The molecule has 0 aromatic heterocycles. The molecule has 2 rings (SSSR count). The summed E-state index contributed by atoms with van der Waals surface area (Å²) in [7, 11) is -3.01. The van der Waals surface area contributed by atoms with Crippen molar-refractivity contribution in [3.05, 3.63) is 28.1 Å². The molecule has 23 heavy (non-hydrogen) atoms. The fraction of sp³-hybridized carbons (Fsp3) is 0.538. The van der Waals surface area contributed by atoms with E-state index in [2.05, 4.69) is 14.8 Å². The molecule has 0 radical (unpaired) electrons. The van der Waals surface area contributed by atoms with E-state index >= 15 is 0 Å². The highest BCUT2D eigenvalue weighted by Crippen LogP contribution is 2.32. The van der Waals surface area contributed by atoms with Crippen LogP contribution in [0.25, 0.3) is 0 Å². The molecule has 0 spiro atoms. The van der Waals surface area contributed by atoms with Gasteiger partial charge in [-0.15, -0.1) is 0 Å². The van der Waals surface area contributed by atoms with Crippen molar-refractivity contribution >= 4 is 15.7 Å². The highest BCUT2D eigenvalue weighted by atomic mass is 32.2. The largest absolute Gasteiger partial charge is 0.488 e. The number of nitro groups is 1. The minimum absolute atomic E-state index is 0.0865. The fourth-order valence-corrected chi connectivity index (χ4v) is 3.90. The summed E-state index contributed by atoms with van der Waals surface area (Å²) in [5, 5.41) is 14.1. The topological polar surface area (TPSA) is 111 Å². The molecule has 1 aromatic rings. The van der Waals surface area contributed by atoms with Crippen molar-refractivity contribution in [2.75, 3.05) is 13.7 Å². The SMILES string of the molecule is COc1c(F)cc(S(=O)(=O)NC2CCCNC2C)cc1[N+](=O)[O-]. The number of benzene rings is 1. The Kier molecular flexibility index (Phi) is 5.17. The lowest BCUT2D eigenvalue weighted by Crippen LogP contribution is -2.51. The number of nitro benzene ring substituents is 1. The van der Waals surface area contributed by atoms with Gasteiger partial charge in [-0.3, -0.25) is 10.1 Å². The molecular weight excluding hydrogens is 329 g/mol. The number of nitrogens with one attached hydrogen (secondary N) is 2. The molecular formula is C13H18FN3O5S. The summed E-state index contributed by atoms with van der Waals surface area (Å²) in [5.74, 6) is -1.70. The van der Waals surface area contributed by atoms with Crippen LogP contribution in [-0.2, 0) is 10.0 Å². The number of rotatable bonds is 5. The summed E-state index contributed by atoms with van der Waals surface area (Å²) in [6.07, 6.45) is 1.43. The van der Waals surface area contributed by atoms with Crippen LogP contribution in [0.5, 0.6) is 5.75 Å². The van der Waals surface area contributed by atoms with Gasteiger partial charge in [-0.1, -0.05) is 0 Å². The van der Waals surface area contributed by atoms with Gasteiger partial charge in [0.05, 0.1) is 16.9 Å². The highest BCUT2D eigenvalue weighted by molar-refractivity contribution is 7.89. The quantitative estimate of drug-likeness (QED) is 0.611. The number of methoxy groups -OCH3 is 1. The third-order valence-electron chi connectivity index (χ3n) is 3.78. The number of hydrogen-bond acceptors (Lipinski definition) is 6. The fourth-order valence-electron chi connectivity index (χ4n) is 2.52. The lowest BCUT2D eigenvalue weighted by molar-refractivity contribution is -0.386. The van der Waals surface area contributed by atoms with Gasteiger partial charge in [-0.05, 0) is 32.4 Å². The van der Waals surface area contributed by atoms with E-state index in [1.165, 1.54) is 0 Å². The zero-order valence-corrected chi connectivity index (χ0v) is 13.5. The summed E-state index contributed by atoms with van der Waals surface area (Å²) in [4.78, 5) is 9.60. The van der Waals surface area contributed by atoms with Crippen molar-refractivity contribution in [3.63, 3.8) is 0 Å². The third kappa shape index (κ3) is 3.77. The highest BCUT2D eigenvalue weighted by Gasteiger charge is 2.30. The van der Waals surface area contributed by atoms with Crippen molar-refractivity contribution in [2.24, 2.45) is 0 Å². The predicted molar refractivity (Wildman–Crippen MR) is 80.4 cm³/mol. The Bertz CT molecular complexity index is 710. The van der Waals surface area contributed by atoms with Crippen molar-refractivity contribution in [2.45, 2.75) is 36.7 Å². The van der Waals surface area contributed by atoms with E-state index in [1.54, 1.807) is 0 Å². The molecule has 0 bridgehead atoms. The van der Waals surface area contributed by atoms with Crippen molar-refractivity contribution in [3.8, 4) is 5.75 Å². The monoisotopic (exact) mass is 347 g/mol. The Morgan fingerprint density at radius 2 is 2.17 bits per heavy atom. The summed E-state index contributed by atoms with van der Waals surface area (Å²) in [6, 6.07) is 1.06. The summed E-state index contributed by atoms with van der Waals surface area (Å²) in [6.45, 7) is 2.63. The Balaban J connectivity index is 2.38. The number of sulfonamides is 1. The van der Waals surface area contributed by atoms with Gasteiger partial charge in [0.2, 0.25) is 15.8 Å². The molecule has 1 saturated heterocycles. The first-order valence-corrected chi connectivity index (χ1v) is 8.52. The molecule has 8 nitrogen and oxygen atoms in total. The van der Waals surface area contributed by atoms with Crippen LogP contribution in [0.15, 0.2) is 17.0 Å². The van der Waals surface area contributed by atoms with Crippen LogP contribution in [0.3, 0.4) is 0 Å². The number of hydrogen-bond donors (Lipinski definition) is 2. The first kappa shape index (κ1) is 17.6. The van der Waals surface area contributed by atoms with Crippen molar-refractivity contribution in [1.82, 2.24) is 10.0 Å². The Hall–Kier alpha value is -1.78. The van der Waals surface area contributed by atoms with Crippen LogP contribution in [0.4, 0.5) is 10.1 Å². The van der Waals surface area contributed by atoms with Gasteiger partial charge in [0.15, 0.2) is 5.82 Å². The number of piperidine rings is 1. The molecule has 0 aliphatic carbocycles. The lowest BCUT2D eigenvalue weighted by atomic mass is 10.0. The average molecular weight is 347 g/mol. The lowest BCUT2D eigenvalue weighted by Gasteiger charge is -2.30. The Labute approximate surface area is 133 Å². The first-order valence-electron chi connectivity index (χ1n) is 7.04. The molecule has 0 saturated carbocycles. The molecule has 2 N–H and O–H groups in total. The summed E-state index contributed by atoms with van der Waals surface area (Å²) < 4.78 is 45.8. The van der Waals surface area contributed by atoms with Crippen LogP contribution in [0.2, 0.25) is 0 Å². The second kappa shape index (κ2) is 6.77. The maximum atomic E-state index is 13.9. The van der Waals surface area contributed by atoms with Gasteiger partial charge in [0, 0.05) is 18.2 Å². The van der Waals surface area contributed by atoms with Crippen molar-refractivity contribution < 1.29 is 22.5 Å². The second-order valence-electron chi connectivity index (χ2n) is 5.33. The average Bonchev–Trinajstić information content (AvgIpc) is 2.48. The number of nitrogens with zero attached hydrogens (tertiary/aromatic N) is 1. The zero-order chi connectivity index (χ0) is 17.2. The van der Waals surface area contributed by atoms with E-state index in [9.17, 15) is 22.9 Å². The molecule has 2 unspecified atom stereocenters. The van der Waals surface area contributed by atoms with E-state index in [0.717, 1.165) is 32.2 Å². The molecule has 1 aliphatic rings. The molecule has 1 fully saturated rings. The molecule has 0 amide bonds. The number of ether oxygens (including phenoxy) is 1. The predicted octanol–water partition coefficient (Wildman–Crippen LogP) is 1.16. The van der Waals surface area contributed by atoms with Crippen LogP contribution in [-0.4, -0.2) is 39.1 Å². The van der Waals surface area contributed by atoms with Crippen LogP contribution in [0.1, 0.15) is 19.8 Å². The second-order valence-corrected chi connectivity index (χ2v) is 7.04. The Morgan fingerprint density at radius 1 is 1.48 bits per heavy atom. The molecule has 10 heteroatoms. The van der Waals surface area contributed by atoms with Gasteiger partial charge in [-0.2, -0.15) is 0 Å². The Morgan fingerprint density at radius 3 is 2.74 bits per heavy atom. The molecule has 1 aliphatic heterocycles. The van der Waals surface area contributed by atoms with E-state index in [1.807, 2.05) is 6.92 Å². The minimum atomic E-state index is -4.09. The zero-order valence-electron chi connectivity index (χ0n) is 12.7. The normalized spacial score (nSPS) is 21.9. The van der Waals surface area contributed by atoms with Crippen LogP contribution in [0, 0.1) is 15.9 Å². The van der Waals surface area contributed by atoms with E-state index in [-0.39, 0.29) is 12.1 Å². The van der Waals surface area contributed by atoms with Gasteiger partial charge in [-0.25, -0.2) is 17.5 Å². The van der Waals surface area contributed by atoms with Gasteiger partial charge in [0.1, 0.15) is 0 Å². The molecule has 128 valence electrons. The maximum Gasteiger partial charge on any atom is 0.315 e. The summed E-state index contributed by atoms with van der Waals surface area (Å²) in [5.41, 5.74) is -0.734. The smallest absolute Gasteiger partial charge is 0.315 e. The molecule has 2 atom stereocenters. The van der Waals surface area contributed by atoms with Gasteiger partial charge < -0.3 is 10.1 Å². The van der Waals surface area contributed by atoms with E-state index in [4.69, 9.17) is 0 Å². The minimum Gasteiger partial charge on any atom is -0.488 e. The molecule has 1 aromatic carbocycles.